The van der Waals surface area contributed by atoms with Crippen LogP contribution in [-0.4, -0.2) is 71.8 Å². The van der Waals surface area contributed by atoms with Crippen molar-refractivity contribution in [2.24, 2.45) is 5.41 Å². The van der Waals surface area contributed by atoms with Gasteiger partial charge in [-0.25, -0.2) is 15.0 Å². The van der Waals surface area contributed by atoms with Crippen molar-refractivity contribution in [3.8, 4) is 11.1 Å². The molecule has 5 heterocycles. The minimum Gasteiger partial charge on any atom is -0.355 e. The van der Waals surface area contributed by atoms with Crippen LogP contribution < -0.4 is 10.6 Å². The van der Waals surface area contributed by atoms with Crippen LogP contribution in [0.1, 0.15) is 98.1 Å². The zero-order chi connectivity index (χ0) is 35.4. The van der Waals surface area contributed by atoms with Gasteiger partial charge in [0, 0.05) is 54.7 Å². The van der Waals surface area contributed by atoms with E-state index in [0.717, 1.165) is 66.3 Å². The molecule has 2 aliphatic carbocycles. The molecule has 1 saturated heterocycles. The van der Waals surface area contributed by atoms with E-state index >= 15 is 0 Å². The van der Waals surface area contributed by atoms with E-state index in [9.17, 15) is 19.2 Å². The number of ketones is 1. The fourth-order valence-corrected chi connectivity index (χ4v) is 8.45. The number of benzene rings is 1. The minimum atomic E-state index is -0.749. The number of hydrogen-bond acceptors (Lipinski definition) is 8. The Morgan fingerprint density at radius 3 is 2.51 bits per heavy atom. The summed E-state index contributed by atoms with van der Waals surface area (Å²) in [7, 11) is 0. The molecule has 12 nitrogen and oxygen atoms in total. The van der Waals surface area contributed by atoms with Gasteiger partial charge < -0.3 is 15.5 Å². The molecule has 4 aliphatic rings. The molecular formula is C38H41BrN8O4. The van der Waals surface area contributed by atoms with E-state index in [-0.39, 0.29) is 41.5 Å². The molecule has 1 aromatic carbocycles. The normalized spacial score (nSPS) is 23.8. The standard InChI is InChI=1S/C38H41BrN8O4/c1-21(48)34-28-14-25(26-17-40-22(2)41-18-26)13-24-7-5-3-4-6-8-32(49)42-20-38-15-29(47(30(38)16-38)33(50)19-46(45-34)35(24)28)37(51)44-36-27(23-9-10-23)11-12-31(39)43-36/h11-14,17-18,23,29-30H,3-10,15-16,19-20H2,1-2H3,(H,42,49)(H,43,44,51)/t29-,30+,38-/m0/s1. The molecule has 264 valence electrons. The van der Waals surface area contributed by atoms with Crippen molar-refractivity contribution in [3.05, 3.63) is 63.9 Å². The van der Waals surface area contributed by atoms with Crippen LogP contribution in [0.15, 0.2) is 41.3 Å². The summed E-state index contributed by atoms with van der Waals surface area (Å²) in [5, 5.41) is 11.7. The Balaban J connectivity index is 1.18. The smallest absolute Gasteiger partial charge is 0.248 e. The molecule has 3 amide bonds. The first kappa shape index (κ1) is 33.6. The van der Waals surface area contributed by atoms with Crippen molar-refractivity contribution < 1.29 is 19.2 Å². The number of anilines is 1. The van der Waals surface area contributed by atoms with Gasteiger partial charge in [0.2, 0.25) is 17.7 Å². The monoisotopic (exact) mass is 752 g/mol. The molecule has 2 N–H and O–H groups in total. The van der Waals surface area contributed by atoms with E-state index in [2.05, 4.69) is 47.6 Å². The maximum atomic E-state index is 14.5. The van der Waals surface area contributed by atoms with Gasteiger partial charge in [-0.2, -0.15) is 5.10 Å². The fourth-order valence-electron chi connectivity index (χ4n) is 8.14. The Bertz CT molecular complexity index is 2080. The number of Topliss-reactive ketones (excluding diaryl/α,β-unsaturated/α-hetero) is 1. The number of aryl methyl sites for hydroxylation is 2. The number of nitrogens with zero attached hydrogens (tertiary/aromatic N) is 6. The highest BCUT2D eigenvalue weighted by atomic mass is 79.9. The number of carbonyl (C=O) groups excluding carboxylic acids is 4. The molecule has 3 aromatic heterocycles. The van der Waals surface area contributed by atoms with Crippen LogP contribution in [0.5, 0.6) is 0 Å². The summed E-state index contributed by atoms with van der Waals surface area (Å²) in [5.41, 5.74) is 4.35. The second kappa shape index (κ2) is 13.2. The molecule has 8 rings (SSSR count). The number of aromatic nitrogens is 5. The zero-order valence-electron chi connectivity index (χ0n) is 28.9. The molecule has 3 atom stereocenters. The highest BCUT2D eigenvalue weighted by molar-refractivity contribution is 9.10. The van der Waals surface area contributed by atoms with Crippen LogP contribution in [0.3, 0.4) is 0 Å². The quantitative estimate of drug-likeness (QED) is 0.196. The number of halogens is 1. The molecule has 13 heteroatoms. The van der Waals surface area contributed by atoms with Gasteiger partial charge in [-0.05, 0) is 109 Å². The molecule has 2 saturated carbocycles. The van der Waals surface area contributed by atoms with E-state index in [1.165, 1.54) is 6.92 Å². The number of pyridine rings is 1. The molecule has 2 bridgehead atoms. The average molecular weight is 754 g/mol. The molecule has 0 unspecified atom stereocenters. The van der Waals surface area contributed by atoms with Gasteiger partial charge >= 0.3 is 0 Å². The molecule has 0 spiro atoms. The van der Waals surface area contributed by atoms with Crippen LogP contribution in [0.4, 0.5) is 5.82 Å². The van der Waals surface area contributed by atoms with Crippen molar-refractivity contribution in [2.75, 3.05) is 11.9 Å². The van der Waals surface area contributed by atoms with Gasteiger partial charge in [0.05, 0.1) is 5.52 Å². The summed E-state index contributed by atoms with van der Waals surface area (Å²) >= 11 is 3.45. The van der Waals surface area contributed by atoms with E-state index in [0.29, 0.717) is 65.5 Å². The number of nitrogens with one attached hydrogen (secondary N) is 2. The number of piperidine rings is 1. The highest BCUT2D eigenvalue weighted by Crippen LogP contribution is 2.59. The lowest BCUT2D eigenvalue weighted by molar-refractivity contribution is -0.138. The Hall–Kier alpha value is -4.52. The lowest BCUT2D eigenvalue weighted by Gasteiger charge is -2.27. The summed E-state index contributed by atoms with van der Waals surface area (Å²) < 4.78 is 2.29. The lowest BCUT2D eigenvalue weighted by atomic mass is 9.96. The van der Waals surface area contributed by atoms with E-state index < -0.39 is 6.04 Å². The first-order valence-corrected chi connectivity index (χ1v) is 18.8. The largest absolute Gasteiger partial charge is 0.355 e. The van der Waals surface area contributed by atoms with Crippen molar-refractivity contribution in [1.82, 2.24) is 34.9 Å². The van der Waals surface area contributed by atoms with Gasteiger partial charge in [0.1, 0.15) is 34.5 Å². The molecule has 4 aromatic rings. The number of rotatable bonds is 5. The number of hydrogen-bond donors (Lipinski definition) is 2. The molecular weight excluding hydrogens is 712 g/mol. The third-order valence-electron chi connectivity index (χ3n) is 11.1. The van der Waals surface area contributed by atoms with Crippen LogP contribution in [0.2, 0.25) is 0 Å². The Kier molecular flexibility index (Phi) is 8.72. The van der Waals surface area contributed by atoms with Crippen molar-refractivity contribution in [2.45, 2.75) is 103 Å². The van der Waals surface area contributed by atoms with Gasteiger partial charge in [-0.15, -0.1) is 0 Å². The van der Waals surface area contributed by atoms with Crippen molar-refractivity contribution in [3.63, 3.8) is 0 Å². The Morgan fingerprint density at radius 1 is 1.00 bits per heavy atom. The predicted molar refractivity (Wildman–Crippen MR) is 194 cm³/mol. The van der Waals surface area contributed by atoms with Crippen LogP contribution in [-0.2, 0) is 27.3 Å². The van der Waals surface area contributed by atoms with E-state index in [1.54, 1.807) is 22.0 Å². The van der Waals surface area contributed by atoms with E-state index in [1.807, 2.05) is 25.1 Å². The Morgan fingerprint density at radius 2 is 1.76 bits per heavy atom. The summed E-state index contributed by atoms with van der Waals surface area (Å²) in [6.45, 7) is 3.62. The fraction of sp³-hybridized carbons (Fsp3) is 0.474. The molecule has 51 heavy (non-hydrogen) atoms. The van der Waals surface area contributed by atoms with Crippen LogP contribution in [0.25, 0.3) is 22.0 Å². The highest BCUT2D eigenvalue weighted by Gasteiger charge is 2.67. The second-order valence-corrected chi connectivity index (χ2v) is 15.6. The van der Waals surface area contributed by atoms with Gasteiger partial charge in [-0.1, -0.05) is 18.9 Å². The third-order valence-corrected chi connectivity index (χ3v) is 11.5. The number of carbonyl (C=O) groups is 4. The predicted octanol–water partition coefficient (Wildman–Crippen LogP) is 5.66. The third kappa shape index (κ3) is 6.56. The first-order valence-electron chi connectivity index (χ1n) is 18.0. The van der Waals surface area contributed by atoms with E-state index in [4.69, 9.17) is 5.10 Å². The maximum absolute atomic E-state index is 14.5. The minimum absolute atomic E-state index is 0.00385. The molecule has 3 fully saturated rings. The summed E-state index contributed by atoms with van der Waals surface area (Å²) in [5.74, 6) is 0.818. The Labute approximate surface area is 304 Å². The van der Waals surface area contributed by atoms with Crippen LogP contribution in [0, 0.1) is 12.3 Å². The molecule has 2 aliphatic heterocycles. The first-order chi connectivity index (χ1) is 24.6. The summed E-state index contributed by atoms with van der Waals surface area (Å²) in [6, 6.07) is 6.97. The van der Waals surface area contributed by atoms with Gasteiger partial charge in [0.25, 0.3) is 0 Å². The van der Waals surface area contributed by atoms with Gasteiger partial charge in [0.15, 0.2) is 5.78 Å². The summed E-state index contributed by atoms with van der Waals surface area (Å²) in [4.78, 5) is 69.8. The van der Waals surface area contributed by atoms with Gasteiger partial charge in [-0.3, -0.25) is 23.9 Å². The SMILES string of the molecule is CC(=O)c1nn2c3c(cc(-c4cnc(C)nc4)cc13)CCCCCCC(=O)NC[C@@]13C[C@@H](C(=O)Nc4nc(Br)ccc4C4CC4)N(C(=O)C2)[C@@H]1C3. The van der Waals surface area contributed by atoms with Crippen molar-refractivity contribution >= 4 is 56.2 Å². The zero-order valence-corrected chi connectivity index (χ0v) is 30.5. The topological polar surface area (TPSA) is 152 Å². The summed E-state index contributed by atoms with van der Waals surface area (Å²) in [6.07, 6.45) is 11.4. The second-order valence-electron chi connectivity index (χ2n) is 14.7. The average Bonchev–Trinajstić information content (AvgIpc) is 4.01. The lowest BCUT2D eigenvalue weighted by Crippen LogP contribution is -2.47. The number of amides is 3. The maximum Gasteiger partial charge on any atom is 0.248 e. The molecule has 0 radical (unpaired) electrons. The van der Waals surface area contributed by atoms with Crippen molar-refractivity contribution in [1.29, 1.82) is 0 Å². The van der Waals surface area contributed by atoms with Crippen LogP contribution >= 0.6 is 15.9 Å².